The van der Waals surface area contributed by atoms with E-state index in [1.165, 1.54) is 13.8 Å². The van der Waals surface area contributed by atoms with Crippen molar-refractivity contribution < 1.29 is 24.3 Å². The van der Waals surface area contributed by atoms with E-state index < -0.39 is 41.9 Å². The number of carbonyl (C=O) groups excluding carboxylic acids is 3. The third-order valence-corrected chi connectivity index (χ3v) is 2.49. The van der Waals surface area contributed by atoms with Gasteiger partial charge in [0.25, 0.3) is 5.91 Å². The molecule has 1 aliphatic rings. The average molecular weight is 257 g/mol. The molecule has 0 aliphatic carbocycles. The largest absolute Gasteiger partial charge is 0.480 e. The van der Waals surface area contributed by atoms with Crippen LogP contribution >= 0.6 is 0 Å². The molecule has 1 atom stereocenters. The fourth-order valence-electron chi connectivity index (χ4n) is 1.60. The third kappa shape index (κ3) is 2.76. The highest BCUT2D eigenvalue weighted by Crippen LogP contribution is 2.16. The summed E-state index contributed by atoms with van der Waals surface area (Å²) in [6.45, 7) is 3.79. The van der Waals surface area contributed by atoms with Crippen LogP contribution in [0.25, 0.3) is 0 Å². The van der Waals surface area contributed by atoms with Crippen LogP contribution in [0.2, 0.25) is 0 Å². The predicted molar refractivity (Wildman–Crippen MR) is 59.6 cm³/mol. The second-order valence-electron chi connectivity index (χ2n) is 4.56. The highest BCUT2D eigenvalue weighted by molar-refractivity contribution is 6.06. The van der Waals surface area contributed by atoms with Gasteiger partial charge in [0.1, 0.15) is 11.6 Å². The van der Waals surface area contributed by atoms with Gasteiger partial charge in [-0.1, -0.05) is 0 Å². The minimum Gasteiger partial charge on any atom is -0.480 e. The van der Waals surface area contributed by atoms with E-state index >= 15 is 0 Å². The van der Waals surface area contributed by atoms with Crippen molar-refractivity contribution in [3.05, 3.63) is 0 Å². The van der Waals surface area contributed by atoms with Crippen molar-refractivity contribution in [2.24, 2.45) is 0 Å². The smallest absolute Gasteiger partial charge is 0.328 e. The molecular weight excluding hydrogens is 242 g/mol. The van der Waals surface area contributed by atoms with Crippen molar-refractivity contribution in [1.82, 2.24) is 15.5 Å². The molecule has 0 aromatic rings. The van der Waals surface area contributed by atoms with Gasteiger partial charge in [0.2, 0.25) is 5.91 Å². The van der Waals surface area contributed by atoms with E-state index in [0.29, 0.717) is 0 Å². The zero-order chi connectivity index (χ0) is 14.1. The Morgan fingerprint density at radius 3 is 2.33 bits per heavy atom. The lowest BCUT2D eigenvalue weighted by Gasteiger charge is -2.20. The average Bonchev–Trinajstić information content (AvgIpc) is 2.38. The molecule has 1 unspecified atom stereocenters. The van der Waals surface area contributed by atoms with Gasteiger partial charge in [-0.3, -0.25) is 14.5 Å². The highest BCUT2D eigenvalue weighted by Gasteiger charge is 2.45. The van der Waals surface area contributed by atoms with Crippen LogP contribution in [0.15, 0.2) is 0 Å². The molecule has 1 rings (SSSR count). The Morgan fingerprint density at radius 2 is 2.00 bits per heavy atom. The highest BCUT2D eigenvalue weighted by atomic mass is 16.4. The molecule has 0 aromatic heterocycles. The van der Waals surface area contributed by atoms with Gasteiger partial charge in [0, 0.05) is 6.92 Å². The lowest BCUT2D eigenvalue weighted by Crippen LogP contribution is -2.50. The van der Waals surface area contributed by atoms with Crippen LogP contribution in [0.1, 0.15) is 20.8 Å². The number of hydrogen-bond donors (Lipinski definition) is 3. The minimum atomic E-state index is -1.31. The van der Waals surface area contributed by atoms with Crippen molar-refractivity contribution in [2.45, 2.75) is 32.4 Å². The molecule has 0 aromatic carbocycles. The Kier molecular flexibility index (Phi) is 3.59. The van der Waals surface area contributed by atoms with Crippen LogP contribution in [-0.4, -0.2) is 51.9 Å². The van der Waals surface area contributed by atoms with Crippen molar-refractivity contribution in [1.29, 1.82) is 0 Å². The van der Waals surface area contributed by atoms with Crippen LogP contribution in [0, 0.1) is 0 Å². The first-order valence-electron chi connectivity index (χ1n) is 5.29. The second-order valence-corrected chi connectivity index (χ2v) is 4.56. The van der Waals surface area contributed by atoms with Crippen LogP contribution in [0.5, 0.6) is 0 Å². The van der Waals surface area contributed by atoms with Crippen molar-refractivity contribution in [3.63, 3.8) is 0 Å². The van der Waals surface area contributed by atoms with E-state index in [9.17, 15) is 19.2 Å². The molecule has 0 bridgehead atoms. The zero-order valence-corrected chi connectivity index (χ0v) is 10.3. The van der Waals surface area contributed by atoms with Gasteiger partial charge in [0.05, 0.1) is 6.54 Å². The summed E-state index contributed by atoms with van der Waals surface area (Å²) in [7, 11) is 0. The van der Waals surface area contributed by atoms with Crippen LogP contribution in [0.3, 0.4) is 0 Å². The molecule has 4 amide bonds. The van der Waals surface area contributed by atoms with E-state index in [2.05, 4.69) is 10.6 Å². The molecule has 1 aliphatic heterocycles. The monoisotopic (exact) mass is 257 g/mol. The summed E-state index contributed by atoms with van der Waals surface area (Å²) in [5.41, 5.74) is -1.06. The Morgan fingerprint density at radius 1 is 1.44 bits per heavy atom. The number of carboxylic acid groups (broad SMARTS) is 1. The Bertz CT molecular complexity index is 418. The molecule has 8 heteroatoms. The summed E-state index contributed by atoms with van der Waals surface area (Å²) in [6.07, 6.45) is 0. The molecule has 1 saturated heterocycles. The summed E-state index contributed by atoms with van der Waals surface area (Å²) in [4.78, 5) is 45.9. The molecule has 18 heavy (non-hydrogen) atoms. The number of carbonyl (C=O) groups is 4. The Balaban J connectivity index is 2.82. The van der Waals surface area contributed by atoms with Gasteiger partial charge < -0.3 is 15.7 Å². The topological polar surface area (TPSA) is 116 Å². The standard InChI is InChI=1S/C10H15N3O5/c1-5(14)11-6(7(15)16)4-13-8(17)10(2,3)12-9(13)18/h6H,4H2,1-3H3,(H,11,14)(H,12,18)(H,15,16). The van der Waals surface area contributed by atoms with Gasteiger partial charge in [-0.2, -0.15) is 0 Å². The van der Waals surface area contributed by atoms with Crippen molar-refractivity contribution in [3.8, 4) is 0 Å². The first-order valence-corrected chi connectivity index (χ1v) is 5.29. The SMILES string of the molecule is CC(=O)NC(CN1C(=O)NC(C)(C)C1=O)C(=O)O. The van der Waals surface area contributed by atoms with E-state index in [0.717, 1.165) is 11.8 Å². The number of carboxylic acids is 1. The van der Waals surface area contributed by atoms with Gasteiger partial charge >= 0.3 is 12.0 Å². The number of nitrogens with zero attached hydrogens (tertiary/aromatic N) is 1. The van der Waals surface area contributed by atoms with Gasteiger partial charge in [0.15, 0.2) is 0 Å². The summed E-state index contributed by atoms with van der Waals surface area (Å²) in [5, 5.41) is 13.5. The van der Waals surface area contributed by atoms with Gasteiger partial charge in [-0.25, -0.2) is 9.59 Å². The number of imide groups is 1. The second kappa shape index (κ2) is 4.63. The minimum absolute atomic E-state index is 0.400. The maximum absolute atomic E-state index is 11.8. The molecule has 1 fully saturated rings. The number of urea groups is 1. The molecule has 0 spiro atoms. The predicted octanol–water partition coefficient (Wildman–Crippen LogP) is -1.09. The third-order valence-electron chi connectivity index (χ3n) is 2.49. The summed E-state index contributed by atoms with van der Waals surface area (Å²) >= 11 is 0. The molecule has 0 saturated carbocycles. The number of aliphatic carboxylic acids is 1. The normalized spacial score (nSPS) is 19.4. The summed E-state index contributed by atoms with van der Waals surface area (Å²) in [5.74, 6) is -2.38. The van der Waals surface area contributed by atoms with Crippen LogP contribution < -0.4 is 10.6 Å². The van der Waals surface area contributed by atoms with E-state index in [4.69, 9.17) is 5.11 Å². The maximum atomic E-state index is 11.8. The van der Waals surface area contributed by atoms with Crippen LogP contribution in [0.4, 0.5) is 4.79 Å². The van der Waals surface area contributed by atoms with Crippen molar-refractivity contribution in [2.75, 3.05) is 6.54 Å². The summed E-state index contributed by atoms with van der Waals surface area (Å²) < 4.78 is 0. The van der Waals surface area contributed by atoms with Gasteiger partial charge in [-0.15, -0.1) is 0 Å². The Hall–Kier alpha value is -2.12. The van der Waals surface area contributed by atoms with E-state index in [1.807, 2.05) is 0 Å². The first kappa shape index (κ1) is 13.9. The summed E-state index contributed by atoms with van der Waals surface area (Å²) in [6, 6.07) is -1.98. The molecule has 0 radical (unpaired) electrons. The zero-order valence-electron chi connectivity index (χ0n) is 10.3. The fourth-order valence-corrected chi connectivity index (χ4v) is 1.60. The molecular formula is C10H15N3O5. The molecule has 100 valence electrons. The number of amides is 4. The van der Waals surface area contributed by atoms with Crippen molar-refractivity contribution >= 4 is 23.8 Å². The number of hydrogen-bond acceptors (Lipinski definition) is 4. The lowest BCUT2D eigenvalue weighted by atomic mass is 10.1. The first-order chi connectivity index (χ1) is 8.15. The fraction of sp³-hybridized carbons (Fsp3) is 0.600. The quantitative estimate of drug-likeness (QED) is 0.553. The molecule has 8 nitrogen and oxygen atoms in total. The lowest BCUT2D eigenvalue weighted by molar-refractivity contribution is -0.142. The van der Waals surface area contributed by atoms with E-state index in [1.54, 1.807) is 0 Å². The van der Waals surface area contributed by atoms with Gasteiger partial charge in [-0.05, 0) is 13.8 Å². The maximum Gasteiger partial charge on any atom is 0.328 e. The van der Waals surface area contributed by atoms with Crippen LogP contribution in [-0.2, 0) is 14.4 Å². The molecule has 3 N–H and O–H groups in total. The van der Waals surface area contributed by atoms with E-state index in [-0.39, 0.29) is 0 Å². The molecule has 1 heterocycles. The number of rotatable bonds is 4. The number of nitrogens with one attached hydrogen (secondary N) is 2. The Labute approximate surface area is 103 Å².